The van der Waals surface area contributed by atoms with Crippen molar-refractivity contribution in [1.29, 1.82) is 0 Å². The fourth-order valence-corrected chi connectivity index (χ4v) is 3.20. The van der Waals surface area contributed by atoms with Crippen molar-refractivity contribution in [3.8, 4) is 0 Å². The molecular weight excluding hydrogens is 278 g/mol. The monoisotopic (exact) mass is 303 g/mol. The van der Waals surface area contributed by atoms with Gasteiger partial charge in [0.1, 0.15) is 0 Å². The first-order valence-electron chi connectivity index (χ1n) is 7.86. The lowest BCUT2D eigenvalue weighted by Crippen LogP contribution is -2.40. The highest BCUT2D eigenvalue weighted by Crippen LogP contribution is 2.26. The largest absolute Gasteiger partial charge is 0.352 e. The van der Waals surface area contributed by atoms with Crippen LogP contribution >= 0.6 is 0 Å². The molecule has 1 atom stereocenters. The van der Waals surface area contributed by atoms with E-state index in [4.69, 9.17) is 5.73 Å². The van der Waals surface area contributed by atoms with Crippen molar-refractivity contribution in [3.05, 3.63) is 35.4 Å². The molecule has 5 heteroatoms. The van der Waals surface area contributed by atoms with Crippen molar-refractivity contribution >= 4 is 11.9 Å². The number of carbonyl (C=O) groups is 2. The lowest BCUT2D eigenvalue weighted by Gasteiger charge is -2.27. The molecule has 1 aliphatic carbocycles. The molecule has 0 aromatic heterocycles. The van der Waals surface area contributed by atoms with Crippen LogP contribution < -0.4 is 11.1 Å². The highest BCUT2D eigenvalue weighted by Gasteiger charge is 2.26. The van der Waals surface area contributed by atoms with Crippen LogP contribution in [0, 0.1) is 6.92 Å². The summed E-state index contributed by atoms with van der Waals surface area (Å²) >= 11 is 0. The second-order valence-corrected chi connectivity index (χ2v) is 6.06. The fraction of sp³-hybridized carbons (Fsp3) is 0.529. The smallest absolute Gasteiger partial charge is 0.312 e. The Morgan fingerprint density at radius 3 is 2.55 bits per heavy atom. The molecule has 0 aliphatic heterocycles. The van der Waals surface area contributed by atoms with Crippen molar-refractivity contribution < 1.29 is 9.59 Å². The molecule has 0 heterocycles. The van der Waals surface area contributed by atoms with E-state index in [9.17, 15) is 9.59 Å². The normalized spacial score (nSPS) is 16.3. The number of hydrogen-bond donors (Lipinski definition) is 2. The summed E-state index contributed by atoms with van der Waals surface area (Å²) in [4.78, 5) is 25.7. The Balaban J connectivity index is 2.11. The minimum atomic E-state index is -0.607. The van der Waals surface area contributed by atoms with Crippen molar-refractivity contribution in [2.24, 2.45) is 5.73 Å². The van der Waals surface area contributed by atoms with Crippen LogP contribution in [0.5, 0.6) is 0 Å². The zero-order valence-electron chi connectivity index (χ0n) is 13.3. The number of amides is 3. The summed E-state index contributed by atoms with van der Waals surface area (Å²) in [5.74, 6) is 0.0499. The second-order valence-electron chi connectivity index (χ2n) is 6.06. The summed E-state index contributed by atoms with van der Waals surface area (Å²) in [6.45, 7) is 1.97. The van der Waals surface area contributed by atoms with Crippen LogP contribution in [0.2, 0.25) is 0 Å². The minimum Gasteiger partial charge on any atom is -0.352 e. The minimum absolute atomic E-state index is 0.0499. The van der Waals surface area contributed by atoms with Crippen LogP contribution in [0.1, 0.15) is 49.3 Å². The molecule has 22 heavy (non-hydrogen) atoms. The first-order valence-corrected chi connectivity index (χ1v) is 7.86. The maximum Gasteiger partial charge on any atom is 0.312 e. The Morgan fingerprint density at radius 1 is 1.32 bits per heavy atom. The Hall–Kier alpha value is -2.04. The lowest BCUT2D eigenvalue weighted by molar-refractivity contribution is -0.132. The van der Waals surface area contributed by atoms with Crippen LogP contribution in [-0.2, 0) is 4.79 Å². The lowest BCUT2D eigenvalue weighted by atomic mass is 9.98. The quantitative estimate of drug-likeness (QED) is 0.877. The third-order valence-electron chi connectivity index (χ3n) is 4.52. The molecule has 1 fully saturated rings. The van der Waals surface area contributed by atoms with Gasteiger partial charge in [0.2, 0.25) is 5.91 Å². The predicted molar refractivity (Wildman–Crippen MR) is 86.3 cm³/mol. The number of benzene rings is 1. The van der Waals surface area contributed by atoms with Crippen LogP contribution in [0.15, 0.2) is 24.3 Å². The predicted octanol–water partition coefficient (Wildman–Crippen LogP) is 2.50. The SMILES string of the molecule is Cc1ccccc1[C@@H](CC(=O)N(C)C1CCCC1)NC(N)=O. The standard InChI is InChI=1S/C17H25N3O2/c1-12-7-3-6-10-14(12)15(19-17(18)22)11-16(21)20(2)13-8-4-5-9-13/h3,6-7,10,13,15H,4-5,8-9,11H2,1-2H3,(H3,18,19,22)/t15-/m1/s1. The van der Waals surface area contributed by atoms with Gasteiger partial charge in [0.25, 0.3) is 0 Å². The number of nitrogens with two attached hydrogens (primary N) is 1. The van der Waals surface area contributed by atoms with E-state index in [-0.39, 0.29) is 18.4 Å². The van der Waals surface area contributed by atoms with Gasteiger partial charge in [-0.3, -0.25) is 4.79 Å². The number of rotatable bonds is 5. The number of primary amides is 1. The Morgan fingerprint density at radius 2 is 1.95 bits per heavy atom. The van der Waals surface area contributed by atoms with Gasteiger partial charge < -0.3 is 16.0 Å². The van der Waals surface area contributed by atoms with Gasteiger partial charge in [-0.05, 0) is 30.9 Å². The van der Waals surface area contributed by atoms with E-state index >= 15 is 0 Å². The first-order chi connectivity index (χ1) is 10.5. The molecule has 0 radical (unpaired) electrons. The fourth-order valence-electron chi connectivity index (χ4n) is 3.20. The van der Waals surface area contributed by atoms with Crippen LogP contribution in [-0.4, -0.2) is 29.9 Å². The molecule has 2 rings (SSSR count). The molecule has 0 spiro atoms. The summed E-state index contributed by atoms with van der Waals surface area (Å²) in [6.07, 6.45) is 4.74. The number of urea groups is 1. The van der Waals surface area contributed by atoms with E-state index in [1.54, 1.807) is 0 Å². The maximum absolute atomic E-state index is 12.5. The molecule has 1 aliphatic rings. The van der Waals surface area contributed by atoms with Gasteiger partial charge in [-0.25, -0.2) is 4.79 Å². The van der Waals surface area contributed by atoms with Gasteiger partial charge in [0, 0.05) is 13.1 Å². The van der Waals surface area contributed by atoms with Gasteiger partial charge in [0.15, 0.2) is 0 Å². The Kier molecular flexibility index (Phi) is 5.41. The molecule has 120 valence electrons. The Labute approximate surface area is 131 Å². The number of hydrogen-bond acceptors (Lipinski definition) is 2. The van der Waals surface area contributed by atoms with E-state index in [0.717, 1.165) is 24.0 Å². The number of carbonyl (C=O) groups excluding carboxylic acids is 2. The average Bonchev–Trinajstić information content (AvgIpc) is 3.00. The van der Waals surface area contributed by atoms with E-state index in [0.29, 0.717) is 6.04 Å². The molecule has 0 bridgehead atoms. The topological polar surface area (TPSA) is 75.4 Å². The van der Waals surface area contributed by atoms with Crippen molar-refractivity contribution in [2.45, 2.75) is 51.1 Å². The molecular formula is C17H25N3O2. The van der Waals surface area contributed by atoms with E-state index < -0.39 is 6.03 Å². The summed E-state index contributed by atoms with van der Waals surface area (Å²) in [5, 5.41) is 2.70. The van der Waals surface area contributed by atoms with Crippen LogP contribution in [0.25, 0.3) is 0 Å². The van der Waals surface area contributed by atoms with Gasteiger partial charge in [-0.15, -0.1) is 0 Å². The molecule has 5 nitrogen and oxygen atoms in total. The molecule has 1 aromatic carbocycles. The van der Waals surface area contributed by atoms with Crippen molar-refractivity contribution in [2.75, 3.05) is 7.05 Å². The Bertz CT molecular complexity index is 538. The van der Waals surface area contributed by atoms with Crippen LogP contribution in [0.4, 0.5) is 4.79 Å². The van der Waals surface area contributed by atoms with Gasteiger partial charge in [-0.1, -0.05) is 37.1 Å². The van der Waals surface area contributed by atoms with Gasteiger partial charge in [0.05, 0.1) is 12.5 Å². The number of nitrogens with one attached hydrogen (secondary N) is 1. The average molecular weight is 303 g/mol. The summed E-state index contributed by atoms with van der Waals surface area (Å²) in [6, 6.07) is 7.09. The van der Waals surface area contributed by atoms with Gasteiger partial charge in [-0.2, -0.15) is 0 Å². The summed E-state index contributed by atoms with van der Waals surface area (Å²) in [5.41, 5.74) is 7.26. The summed E-state index contributed by atoms with van der Waals surface area (Å²) < 4.78 is 0. The number of nitrogens with zero attached hydrogens (tertiary/aromatic N) is 1. The number of aryl methyl sites for hydroxylation is 1. The molecule has 1 saturated carbocycles. The molecule has 0 saturated heterocycles. The van der Waals surface area contributed by atoms with Crippen molar-refractivity contribution in [3.63, 3.8) is 0 Å². The first kappa shape index (κ1) is 16.3. The van der Waals surface area contributed by atoms with Gasteiger partial charge >= 0.3 is 6.03 Å². The third-order valence-corrected chi connectivity index (χ3v) is 4.52. The second kappa shape index (κ2) is 7.29. The zero-order chi connectivity index (χ0) is 16.1. The van der Waals surface area contributed by atoms with E-state index in [1.807, 2.05) is 43.1 Å². The van der Waals surface area contributed by atoms with Crippen molar-refractivity contribution in [1.82, 2.24) is 10.2 Å². The van der Waals surface area contributed by atoms with E-state index in [2.05, 4.69) is 5.32 Å². The highest BCUT2D eigenvalue weighted by atomic mass is 16.2. The molecule has 3 N–H and O–H groups in total. The summed E-state index contributed by atoms with van der Waals surface area (Å²) in [7, 11) is 1.86. The maximum atomic E-state index is 12.5. The molecule has 0 unspecified atom stereocenters. The van der Waals surface area contributed by atoms with E-state index in [1.165, 1.54) is 12.8 Å². The van der Waals surface area contributed by atoms with Crippen LogP contribution in [0.3, 0.4) is 0 Å². The highest BCUT2D eigenvalue weighted by molar-refractivity contribution is 5.79. The molecule has 3 amide bonds. The molecule has 1 aromatic rings. The third kappa shape index (κ3) is 4.00. The zero-order valence-corrected chi connectivity index (χ0v) is 13.3.